The van der Waals surface area contributed by atoms with E-state index < -0.39 is 6.04 Å². The Morgan fingerprint density at radius 1 is 1.56 bits per heavy atom. The van der Waals surface area contributed by atoms with Gasteiger partial charge in [-0.05, 0) is 43.6 Å². The van der Waals surface area contributed by atoms with Crippen molar-refractivity contribution in [2.24, 2.45) is 11.7 Å². The van der Waals surface area contributed by atoms with Gasteiger partial charge >= 0.3 is 0 Å². The molecule has 0 bridgehead atoms. The molecule has 18 heavy (non-hydrogen) atoms. The Hall–Kier alpha value is -0.710. The quantitative estimate of drug-likeness (QED) is 0.914. The number of ether oxygens (including phenoxy) is 1. The predicted octanol–water partition coefficient (Wildman–Crippen LogP) is 2.67. The maximum atomic E-state index is 12.5. The fraction of sp³-hybridized carbons (Fsp3) is 0.643. The van der Waals surface area contributed by atoms with E-state index in [4.69, 9.17) is 10.5 Å². The molecule has 4 heteroatoms. The number of Topliss-reactive ketones (excluding diaryl/α,β-unsaturated/α-hetero) is 1. The first-order valence-corrected chi connectivity index (χ1v) is 7.55. The van der Waals surface area contributed by atoms with Crippen molar-refractivity contribution in [2.75, 3.05) is 6.61 Å². The van der Waals surface area contributed by atoms with Crippen LogP contribution in [-0.4, -0.2) is 18.0 Å². The van der Waals surface area contributed by atoms with Gasteiger partial charge in [0.25, 0.3) is 0 Å². The Morgan fingerprint density at radius 2 is 2.39 bits per heavy atom. The molecule has 1 saturated heterocycles. The molecule has 98 valence electrons. The third-order valence-corrected chi connectivity index (χ3v) is 5.27. The van der Waals surface area contributed by atoms with Crippen molar-refractivity contribution in [2.45, 2.75) is 43.7 Å². The standard InChI is InChI=1S/C14H19NO2S/c15-12(11-3-1-8-18-11)13(16)10-4-7-17-14(9-10)5-2-6-14/h1,3,8,10,12H,2,4-7,9,15H2. The highest BCUT2D eigenvalue weighted by Crippen LogP contribution is 2.45. The molecule has 2 N–H and O–H groups in total. The molecule has 2 unspecified atom stereocenters. The van der Waals surface area contributed by atoms with E-state index in [1.54, 1.807) is 11.3 Å². The van der Waals surface area contributed by atoms with Crippen LogP contribution in [-0.2, 0) is 9.53 Å². The van der Waals surface area contributed by atoms with Crippen LogP contribution in [0.2, 0.25) is 0 Å². The summed E-state index contributed by atoms with van der Waals surface area (Å²) in [6, 6.07) is 3.46. The lowest BCUT2D eigenvalue weighted by atomic mass is 9.70. The van der Waals surface area contributed by atoms with Crippen LogP contribution in [0.25, 0.3) is 0 Å². The molecular weight excluding hydrogens is 246 g/mol. The fourth-order valence-corrected chi connectivity index (χ4v) is 3.79. The summed E-state index contributed by atoms with van der Waals surface area (Å²) in [5.41, 5.74) is 6.10. The summed E-state index contributed by atoms with van der Waals surface area (Å²) in [6.45, 7) is 0.716. The zero-order chi connectivity index (χ0) is 12.6. The Balaban J connectivity index is 1.68. The molecule has 2 fully saturated rings. The monoisotopic (exact) mass is 265 g/mol. The average Bonchev–Trinajstić information content (AvgIpc) is 2.89. The highest BCUT2D eigenvalue weighted by molar-refractivity contribution is 7.10. The van der Waals surface area contributed by atoms with Crippen molar-refractivity contribution in [3.8, 4) is 0 Å². The van der Waals surface area contributed by atoms with E-state index in [2.05, 4.69) is 0 Å². The Bertz CT molecular complexity index is 425. The molecule has 1 saturated carbocycles. The molecule has 2 atom stereocenters. The number of thiophene rings is 1. The Labute approximate surface area is 111 Å². The molecule has 1 aliphatic heterocycles. The Kier molecular flexibility index (Phi) is 3.26. The number of rotatable bonds is 3. The molecule has 3 nitrogen and oxygen atoms in total. The minimum absolute atomic E-state index is 0.0216. The predicted molar refractivity (Wildman–Crippen MR) is 71.5 cm³/mol. The van der Waals surface area contributed by atoms with Gasteiger partial charge in [-0.15, -0.1) is 11.3 Å². The van der Waals surface area contributed by atoms with Gasteiger partial charge in [-0.25, -0.2) is 0 Å². The van der Waals surface area contributed by atoms with Gasteiger partial charge in [0.05, 0.1) is 11.6 Å². The van der Waals surface area contributed by atoms with Crippen LogP contribution in [0.5, 0.6) is 0 Å². The maximum Gasteiger partial charge on any atom is 0.158 e. The van der Waals surface area contributed by atoms with Gasteiger partial charge in [0.15, 0.2) is 5.78 Å². The number of hydrogen-bond acceptors (Lipinski definition) is 4. The third-order valence-electron chi connectivity index (χ3n) is 4.32. The zero-order valence-electron chi connectivity index (χ0n) is 10.4. The summed E-state index contributed by atoms with van der Waals surface area (Å²) in [4.78, 5) is 13.4. The molecule has 1 aliphatic carbocycles. The van der Waals surface area contributed by atoms with Crippen LogP contribution in [0.4, 0.5) is 0 Å². The minimum atomic E-state index is -0.440. The van der Waals surface area contributed by atoms with Crippen LogP contribution in [0.15, 0.2) is 17.5 Å². The van der Waals surface area contributed by atoms with Gasteiger partial charge in [0, 0.05) is 17.4 Å². The molecule has 3 rings (SSSR count). The minimum Gasteiger partial charge on any atom is -0.375 e. The van der Waals surface area contributed by atoms with E-state index in [1.165, 1.54) is 6.42 Å². The lowest BCUT2D eigenvalue weighted by Gasteiger charge is -2.47. The van der Waals surface area contributed by atoms with Crippen molar-refractivity contribution < 1.29 is 9.53 Å². The van der Waals surface area contributed by atoms with Crippen molar-refractivity contribution in [1.82, 2.24) is 0 Å². The highest BCUT2D eigenvalue weighted by atomic mass is 32.1. The third kappa shape index (κ3) is 2.13. The average molecular weight is 265 g/mol. The van der Waals surface area contributed by atoms with E-state index in [-0.39, 0.29) is 17.3 Å². The Morgan fingerprint density at radius 3 is 3.00 bits per heavy atom. The van der Waals surface area contributed by atoms with Gasteiger partial charge in [-0.1, -0.05) is 6.07 Å². The molecule has 1 spiro atoms. The van der Waals surface area contributed by atoms with E-state index in [9.17, 15) is 4.79 Å². The number of nitrogens with two attached hydrogens (primary N) is 1. The van der Waals surface area contributed by atoms with E-state index >= 15 is 0 Å². The topological polar surface area (TPSA) is 52.3 Å². The molecule has 2 heterocycles. The molecule has 2 aliphatic rings. The van der Waals surface area contributed by atoms with Gasteiger partial charge in [0.2, 0.25) is 0 Å². The van der Waals surface area contributed by atoms with Crippen LogP contribution < -0.4 is 5.73 Å². The summed E-state index contributed by atoms with van der Waals surface area (Å²) in [5.74, 6) is 0.295. The fourth-order valence-electron chi connectivity index (χ4n) is 3.05. The molecular formula is C14H19NO2S. The maximum absolute atomic E-state index is 12.5. The van der Waals surface area contributed by atoms with E-state index in [0.717, 1.165) is 30.6 Å². The lowest BCUT2D eigenvalue weighted by Crippen LogP contribution is -2.48. The SMILES string of the molecule is NC(C(=O)C1CCOC2(CCC2)C1)c1cccs1. The second kappa shape index (κ2) is 4.76. The van der Waals surface area contributed by atoms with E-state index in [0.29, 0.717) is 6.61 Å². The number of carbonyl (C=O) groups is 1. The first-order valence-electron chi connectivity index (χ1n) is 6.67. The molecule has 0 aromatic carbocycles. The highest BCUT2D eigenvalue weighted by Gasteiger charge is 2.45. The molecule has 1 aromatic heterocycles. The molecule has 1 aromatic rings. The van der Waals surface area contributed by atoms with Gasteiger partial charge in [0.1, 0.15) is 0 Å². The van der Waals surface area contributed by atoms with Crippen LogP contribution in [0.3, 0.4) is 0 Å². The number of hydrogen-bond donors (Lipinski definition) is 1. The zero-order valence-corrected chi connectivity index (χ0v) is 11.2. The summed E-state index contributed by atoms with van der Waals surface area (Å²) in [5, 5.41) is 1.97. The van der Waals surface area contributed by atoms with Gasteiger partial charge < -0.3 is 10.5 Å². The lowest BCUT2D eigenvalue weighted by molar-refractivity contribution is -0.156. The van der Waals surface area contributed by atoms with Crippen LogP contribution >= 0.6 is 11.3 Å². The van der Waals surface area contributed by atoms with Crippen molar-refractivity contribution in [3.05, 3.63) is 22.4 Å². The molecule has 0 radical (unpaired) electrons. The second-order valence-corrected chi connectivity index (χ2v) is 6.45. The van der Waals surface area contributed by atoms with Crippen LogP contribution in [0, 0.1) is 5.92 Å². The first-order chi connectivity index (χ1) is 8.70. The number of ketones is 1. The summed E-state index contributed by atoms with van der Waals surface area (Å²) < 4.78 is 5.86. The smallest absolute Gasteiger partial charge is 0.158 e. The number of carbonyl (C=O) groups excluding carboxylic acids is 1. The van der Waals surface area contributed by atoms with Crippen molar-refractivity contribution in [1.29, 1.82) is 0 Å². The van der Waals surface area contributed by atoms with Crippen molar-refractivity contribution >= 4 is 17.1 Å². The largest absolute Gasteiger partial charge is 0.375 e. The van der Waals surface area contributed by atoms with E-state index in [1.807, 2.05) is 17.5 Å². The second-order valence-electron chi connectivity index (χ2n) is 5.47. The van der Waals surface area contributed by atoms with Gasteiger partial charge in [-0.2, -0.15) is 0 Å². The first kappa shape index (κ1) is 12.3. The summed E-state index contributed by atoms with van der Waals surface area (Å²) in [7, 11) is 0. The summed E-state index contributed by atoms with van der Waals surface area (Å²) in [6.07, 6.45) is 5.18. The van der Waals surface area contributed by atoms with Crippen LogP contribution in [0.1, 0.15) is 43.0 Å². The van der Waals surface area contributed by atoms with Gasteiger partial charge in [-0.3, -0.25) is 4.79 Å². The molecule has 0 amide bonds. The normalized spacial score (nSPS) is 27.7. The van der Waals surface area contributed by atoms with Crippen molar-refractivity contribution in [3.63, 3.8) is 0 Å². The summed E-state index contributed by atoms with van der Waals surface area (Å²) >= 11 is 1.57.